The number of carbonyl (C=O) groups is 2. The van der Waals surface area contributed by atoms with Gasteiger partial charge < -0.3 is 9.84 Å². The van der Waals surface area contributed by atoms with Crippen molar-refractivity contribution < 1.29 is 19.4 Å². The van der Waals surface area contributed by atoms with Crippen molar-refractivity contribution in [1.29, 1.82) is 0 Å². The molecule has 1 N–H and O–H groups in total. The fourth-order valence-electron chi connectivity index (χ4n) is 0.782. The van der Waals surface area contributed by atoms with Crippen LogP contribution in [0.1, 0.15) is 17.3 Å². The van der Waals surface area contributed by atoms with Crippen molar-refractivity contribution in [3.05, 3.63) is 48.6 Å². The molecule has 17 heavy (non-hydrogen) atoms. The summed E-state index contributed by atoms with van der Waals surface area (Å²) in [6.45, 7) is 5.38. The van der Waals surface area contributed by atoms with Gasteiger partial charge in [-0.3, -0.25) is 0 Å². The largest absolute Gasteiger partial charge is 0.478 e. The number of carbonyl (C=O) groups excluding carboxylic acids is 1. The maximum absolute atomic E-state index is 10.2. The van der Waals surface area contributed by atoms with Gasteiger partial charge in [0.15, 0.2) is 0 Å². The number of aromatic carboxylic acids is 1. The summed E-state index contributed by atoms with van der Waals surface area (Å²) >= 11 is 0. The summed E-state index contributed by atoms with van der Waals surface area (Å²) in [6.07, 6.45) is 1.14. The predicted molar refractivity (Wildman–Crippen MR) is 67.5 cm³/mol. The van der Waals surface area contributed by atoms with Crippen molar-refractivity contribution in [2.24, 2.45) is 0 Å². The lowest BCUT2D eigenvalue weighted by molar-refractivity contribution is -0.137. The molecule has 0 aliphatic carbocycles. The van der Waals surface area contributed by atoms with Crippen LogP contribution in [0.2, 0.25) is 0 Å². The van der Waals surface area contributed by atoms with Crippen LogP contribution in [0.4, 0.5) is 0 Å². The zero-order valence-electron chi connectivity index (χ0n) is 9.46. The van der Waals surface area contributed by atoms with Gasteiger partial charge in [0.05, 0.1) is 12.2 Å². The standard InChI is InChI=1S/C7H6O2.C5H8O2.ClH/c8-7(9)6-4-2-1-3-5-6;1-3-5(6)7-4-2;/h1-5H,(H,8,9);3H,1,4H2,2H3;1H. The molecule has 0 aromatic heterocycles. The molecule has 0 unspecified atom stereocenters. The first-order valence-electron chi connectivity index (χ1n) is 4.69. The van der Waals surface area contributed by atoms with Crippen molar-refractivity contribution in [3.8, 4) is 0 Å². The third-order valence-electron chi connectivity index (χ3n) is 1.47. The topological polar surface area (TPSA) is 63.6 Å². The van der Waals surface area contributed by atoms with E-state index in [-0.39, 0.29) is 18.4 Å². The Labute approximate surface area is 106 Å². The highest BCUT2D eigenvalue weighted by atomic mass is 35.5. The van der Waals surface area contributed by atoms with Crippen molar-refractivity contribution in [2.75, 3.05) is 6.61 Å². The Morgan fingerprint density at radius 2 is 1.88 bits per heavy atom. The van der Waals surface area contributed by atoms with Crippen LogP contribution in [0.15, 0.2) is 43.0 Å². The molecule has 0 aliphatic heterocycles. The minimum Gasteiger partial charge on any atom is -0.478 e. The SMILES string of the molecule is C=CC(=O)OCC.Cl.O=C(O)c1ccccc1. The Hall–Kier alpha value is -1.81. The van der Waals surface area contributed by atoms with Gasteiger partial charge in [0, 0.05) is 6.08 Å². The summed E-state index contributed by atoms with van der Waals surface area (Å²) in [5, 5.41) is 8.38. The number of halogens is 1. The van der Waals surface area contributed by atoms with E-state index in [0.29, 0.717) is 12.2 Å². The van der Waals surface area contributed by atoms with E-state index >= 15 is 0 Å². The number of hydrogen-bond acceptors (Lipinski definition) is 3. The number of carboxylic acid groups (broad SMARTS) is 1. The van der Waals surface area contributed by atoms with Gasteiger partial charge in [-0.15, -0.1) is 12.4 Å². The second-order valence-corrected chi connectivity index (χ2v) is 2.63. The van der Waals surface area contributed by atoms with E-state index in [2.05, 4.69) is 11.3 Å². The van der Waals surface area contributed by atoms with Crippen molar-refractivity contribution >= 4 is 24.3 Å². The lowest BCUT2D eigenvalue weighted by Crippen LogP contribution is -1.97. The summed E-state index contributed by atoms with van der Waals surface area (Å²) in [4.78, 5) is 20.3. The number of rotatable bonds is 3. The molecule has 94 valence electrons. The summed E-state index contributed by atoms with van der Waals surface area (Å²) < 4.78 is 4.43. The van der Waals surface area contributed by atoms with Crippen LogP contribution in [0, 0.1) is 0 Å². The molecule has 5 heteroatoms. The maximum Gasteiger partial charge on any atom is 0.335 e. The van der Waals surface area contributed by atoms with Crippen molar-refractivity contribution in [2.45, 2.75) is 6.92 Å². The molecule has 1 rings (SSSR count). The third-order valence-corrected chi connectivity index (χ3v) is 1.47. The quantitative estimate of drug-likeness (QED) is 0.668. The summed E-state index contributed by atoms with van der Waals surface area (Å²) in [6, 6.07) is 8.30. The number of esters is 1. The number of hydrogen-bond donors (Lipinski definition) is 1. The molecular weight excluding hydrogens is 244 g/mol. The minimum atomic E-state index is -0.879. The fourth-order valence-corrected chi connectivity index (χ4v) is 0.782. The highest BCUT2D eigenvalue weighted by Gasteiger charge is 1.96. The number of ether oxygens (including phenoxy) is 1. The number of carboxylic acids is 1. The van der Waals surface area contributed by atoms with Crippen LogP contribution in [-0.2, 0) is 9.53 Å². The van der Waals surface area contributed by atoms with Gasteiger partial charge in [-0.05, 0) is 19.1 Å². The van der Waals surface area contributed by atoms with Crippen LogP contribution in [0.5, 0.6) is 0 Å². The second kappa shape index (κ2) is 10.7. The predicted octanol–water partition coefficient (Wildman–Crippen LogP) is 2.54. The molecular formula is C12H15ClO4. The van der Waals surface area contributed by atoms with Crippen molar-refractivity contribution in [1.82, 2.24) is 0 Å². The zero-order valence-corrected chi connectivity index (χ0v) is 10.3. The lowest BCUT2D eigenvalue weighted by Gasteiger charge is -1.90. The first-order valence-corrected chi connectivity index (χ1v) is 4.69. The molecule has 0 saturated carbocycles. The lowest BCUT2D eigenvalue weighted by atomic mass is 10.2. The molecule has 0 heterocycles. The van der Waals surface area contributed by atoms with E-state index in [0.717, 1.165) is 6.08 Å². The van der Waals surface area contributed by atoms with Gasteiger partial charge in [0.2, 0.25) is 0 Å². The monoisotopic (exact) mass is 258 g/mol. The molecule has 0 fully saturated rings. The average Bonchev–Trinajstić information content (AvgIpc) is 2.31. The summed E-state index contributed by atoms with van der Waals surface area (Å²) in [7, 11) is 0. The molecule has 1 aromatic rings. The van der Waals surface area contributed by atoms with Gasteiger partial charge in [-0.2, -0.15) is 0 Å². The van der Waals surface area contributed by atoms with E-state index in [9.17, 15) is 9.59 Å². The highest BCUT2D eigenvalue weighted by molar-refractivity contribution is 5.87. The minimum absolute atomic E-state index is 0. The Bertz CT molecular complexity index is 349. The molecule has 0 bridgehead atoms. The molecule has 0 radical (unpaired) electrons. The average molecular weight is 259 g/mol. The molecule has 4 nitrogen and oxygen atoms in total. The number of benzene rings is 1. The Balaban J connectivity index is 0. The van der Waals surface area contributed by atoms with Crippen LogP contribution < -0.4 is 0 Å². The van der Waals surface area contributed by atoms with Gasteiger partial charge >= 0.3 is 11.9 Å². The molecule has 0 saturated heterocycles. The van der Waals surface area contributed by atoms with E-state index in [1.54, 1.807) is 37.3 Å². The van der Waals surface area contributed by atoms with Gasteiger partial charge in [-0.25, -0.2) is 9.59 Å². The second-order valence-electron chi connectivity index (χ2n) is 2.63. The van der Waals surface area contributed by atoms with E-state index < -0.39 is 5.97 Å². The van der Waals surface area contributed by atoms with Crippen LogP contribution in [-0.4, -0.2) is 23.7 Å². The Morgan fingerprint density at radius 1 is 1.35 bits per heavy atom. The molecule has 0 atom stereocenters. The third kappa shape index (κ3) is 9.14. The summed E-state index contributed by atoms with van der Waals surface area (Å²) in [5.41, 5.74) is 0.331. The first kappa shape index (κ1) is 17.6. The normalized spacial score (nSPS) is 7.82. The summed E-state index contributed by atoms with van der Waals surface area (Å²) in [5.74, 6) is -1.24. The zero-order chi connectivity index (χ0) is 12.4. The van der Waals surface area contributed by atoms with Gasteiger partial charge in [-0.1, -0.05) is 24.8 Å². The highest BCUT2D eigenvalue weighted by Crippen LogP contribution is 1.96. The van der Waals surface area contributed by atoms with Crippen LogP contribution in [0.25, 0.3) is 0 Å². The molecule has 0 aliphatic rings. The van der Waals surface area contributed by atoms with E-state index in [1.165, 1.54) is 0 Å². The maximum atomic E-state index is 10.2. The Morgan fingerprint density at radius 3 is 2.12 bits per heavy atom. The first-order chi connectivity index (χ1) is 7.61. The van der Waals surface area contributed by atoms with E-state index in [1.807, 2.05) is 0 Å². The van der Waals surface area contributed by atoms with Gasteiger partial charge in [0.1, 0.15) is 0 Å². The van der Waals surface area contributed by atoms with Gasteiger partial charge in [0.25, 0.3) is 0 Å². The molecule has 0 amide bonds. The molecule has 1 aromatic carbocycles. The van der Waals surface area contributed by atoms with Crippen molar-refractivity contribution in [3.63, 3.8) is 0 Å². The fraction of sp³-hybridized carbons (Fsp3) is 0.167. The molecule has 0 spiro atoms. The smallest absolute Gasteiger partial charge is 0.335 e. The van der Waals surface area contributed by atoms with Crippen LogP contribution in [0.3, 0.4) is 0 Å². The van der Waals surface area contributed by atoms with Crippen LogP contribution >= 0.6 is 12.4 Å². The Kier molecular flexibility index (Phi) is 11.1. The van der Waals surface area contributed by atoms with E-state index in [4.69, 9.17) is 5.11 Å².